The van der Waals surface area contributed by atoms with Crippen LogP contribution in [0.4, 0.5) is 5.82 Å². The highest BCUT2D eigenvalue weighted by Crippen LogP contribution is 2.09. The van der Waals surface area contributed by atoms with Crippen LogP contribution >= 0.6 is 0 Å². The summed E-state index contributed by atoms with van der Waals surface area (Å²) in [7, 11) is 0. The van der Waals surface area contributed by atoms with E-state index < -0.39 is 0 Å². The Morgan fingerprint density at radius 1 is 1.53 bits per heavy atom. The van der Waals surface area contributed by atoms with Crippen LogP contribution in [0.3, 0.4) is 0 Å². The maximum absolute atomic E-state index is 5.38. The number of nitrogens with one attached hydrogen (secondary N) is 1. The molecule has 0 saturated heterocycles. The SMILES string of the molecule is C=CCCOc1cncc(NCCC)n1. The molecule has 1 aromatic rings. The summed E-state index contributed by atoms with van der Waals surface area (Å²) in [5, 5.41) is 3.15. The number of anilines is 1. The first-order valence-electron chi connectivity index (χ1n) is 5.16. The zero-order valence-corrected chi connectivity index (χ0v) is 9.07. The molecular weight excluding hydrogens is 190 g/mol. The molecule has 4 heteroatoms. The van der Waals surface area contributed by atoms with Crippen LogP contribution in [-0.2, 0) is 0 Å². The highest BCUT2D eigenvalue weighted by Gasteiger charge is 1.97. The molecule has 1 heterocycles. The molecule has 0 aromatic carbocycles. The molecule has 0 spiro atoms. The van der Waals surface area contributed by atoms with Crippen molar-refractivity contribution in [3.63, 3.8) is 0 Å². The van der Waals surface area contributed by atoms with Gasteiger partial charge in [-0.15, -0.1) is 6.58 Å². The molecule has 0 aliphatic carbocycles. The van der Waals surface area contributed by atoms with E-state index in [-0.39, 0.29) is 0 Å². The fourth-order valence-corrected chi connectivity index (χ4v) is 1.00. The van der Waals surface area contributed by atoms with Gasteiger partial charge in [0.25, 0.3) is 0 Å². The van der Waals surface area contributed by atoms with Gasteiger partial charge in [0.05, 0.1) is 19.0 Å². The first-order valence-corrected chi connectivity index (χ1v) is 5.16. The quantitative estimate of drug-likeness (QED) is 0.550. The van der Waals surface area contributed by atoms with E-state index in [4.69, 9.17) is 4.74 Å². The minimum absolute atomic E-state index is 0.554. The third-order valence-corrected chi connectivity index (χ3v) is 1.74. The van der Waals surface area contributed by atoms with Crippen molar-refractivity contribution >= 4 is 5.82 Å². The van der Waals surface area contributed by atoms with Gasteiger partial charge in [0.2, 0.25) is 5.88 Å². The molecule has 15 heavy (non-hydrogen) atoms. The van der Waals surface area contributed by atoms with Crippen LogP contribution < -0.4 is 10.1 Å². The summed E-state index contributed by atoms with van der Waals surface area (Å²) in [6, 6.07) is 0. The van der Waals surface area contributed by atoms with Crippen molar-refractivity contribution in [2.45, 2.75) is 19.8 Å². The van der Waals surface area contributed by atoms with Gasteiger partial charge in [0.1, 0.15) is 5.82 Å². The molecule has 1 aromatic heterocycles. The maximum Gasteiger partial charge on any atom is 0.234 e. The lowest BCUT2D eigenvalue weighted by molar-refractivity contribution is 0.311. The number of rotatable bonds is 7. The Morgan fingerprint density at radius 3 is 3.13 bits per heavy atom. The summed E-state index contributed by atoms with van der Waals surface area (Å²) in [6.07, 6.45) is 6.99. The summed E-state index contributed by atoms with van der Waals surface area (Å²) in [5.41, 5.74) is 0. The van der Waals surface area contributed by atoms with Crippen molar-refractivity contribution in [1.29, 1.82) is 0 Å². The molecule has 0 saturated carbocycles. The maximum atomic E-state index is 5.38. The summed E-state index contributed by atoms with van der Waals surface area (Å²) in [5.74, 6) is 1.31. The zero-order valence-electron chi connectivity index (χ0n) is 9.07. The van der Waals surface area contributed by atoms with Crippen LogP contribution in [0, 0.1) is 0 Å². The number of aromatic nitrogens is 2. The fourth-order valence-electron chi connectivity index (χ4n) is 1.00. The van der Waals surface area contributed by atoms with Gasteiger partial charge < -0.3 is 10.1 Å². The molecule has 0 bridgehead atoms. The number of hydrogen-bond acceptors (Lipinski definition) is 4. The highest BCUT2D eigenvalue weighted by molar-refractivity contribution is 5.32. The number of ether oxygens (including phenoxy) is 1. The van der Waals surface area contributed by atoms with Crippen molar-refractivity contribution in [2.24, 2.45) is 0 Å². The topological polar surface area (TPSA) is 47.0 Å². The van der Waals surface area contributed by atoms with Crippen LogP contribution in [0.1, 0.15) is 19.8 Å². The van der Waals surface area contributed by atoms with E-state index in [1.165, 1.54) is 0 Å². The lowest BCUT2D eigenvalue weighted by Crippen LogP contribution is -2.04. The minimum atomic E-state index is 0.554. The lowest BCUT2D eigenvalue weighted by atomic mass is 10.4. The molecule has 0 unspecified atom stereocenters. The first kappa shape index (κ1) is 11.5. The van der Waals surface area contributed by atoms with Crippen LogP contribution in [0.15, 0.2) is 25.0 Å². The molecule has 0 fully saturated rings. The normalized spacial score (nSPS) is 9.67. The van der Waals surface area contributed by atoms with Crippen LogP contribution in [-0.4, -0.2) is 23.1 Å². The summed E-state index contributed by atoms with van der Waals surface area (Å²) < 4.78 is 5.38. The zero-order chi connectivity index (χ0) is 10.9. The third-order valence-electron chi connectivity index (χ3n) is 1.74. The standard InChI is InChI=1S/C11H17N3O/c1-3-5-7-15-11-9-12-8-10(14-11)13-6-4-2/h3,8-9H,1,4-7H2,2H3,(H,13,14). The second kappa shape index (κ2) is 6.81. The van der Waals surface area contributed by atoms with Gasteiger partial charge in [-0.25, -0.2) is 0 Å². The van der Waals surface area contributed by atoms with Crippen molar-refractivity contribution < 1.29 is 4.74 Å². The second-order valence-corrected chi connectivity index (χ2v) is 3.10. The van der Waals surface area contributed by atoms with Gasteiger partial charge in [-0.05, 0) is 12.8 Å². The number of hydrogen-bond donors (Lipinski definition) is 1. The summed E-state index contributed by atoms with van der Waals surface area (Å²) in [4.78, 5) is 8.29. The molecule has 0 aliphatic rings. The van der Waals surface area contributed by atoms with E-state index >= 15 is 0 Å². The highest BCUT2D eigenvalue weighted by atomic mass is 16.5. The molecular formula is C11H17N3O. The van der Waals surface area contributed by atoms with Crippen molar-refractivity contribution in [3.05, 3.63) is 25.0 Å². The van der Waals surface area contributed by atoms with Gasteiger partial charge in [0.15, 0.2) is 0 Å². The molecule has 0 radical (unpaired) electrons. The van der Waals surface area contributed by atoms with Gasteiger partial charge in [-0.2, -0.15) is 4.98 Å². The monoisotopic (exact) mass is 207 g/mol. The molecule has 82 valence electrons. The Balaban J connectivity index is 2.46. The average Bonchev–Trinajstić information content (AvgIpc) is 2.27. The Labute approximate surface area is 90.4 Å². The smallest absolute Gasteiger partial charge is 0.234 e. The van der Waals surface area contributed by atoms with Crippen molar-refractivity contribution in [2.75, 3.05) is 18.5 Å². The molecule has 1 N–H and O–H groups in total. The van der Waals surface area contributed by atoms with Gasteiger partial charge in [-0.3, -0.25) is 4.98 Å². The van der Waals surface area contributed by atoms with Gasteiger partial charge in [0, 0.05) is 6.54 Å². The Hall–Kier alpha value is -1.58. The Bertz CT molecular complexity index is 302. The lowest BCUT2D eigenvalue weighted by Gasteiger charge is -2.06. The van der Waals surface area contributed by atoms with Crippen LogP contribution in [0.25, 0.3) is 0 Å². The summed E-state index contributed by atoms with van der Waals surface area (Å²) >= 11 is 0. The summed E-state index contributed by atoms with van der Waals surface area (Å²) in [6.45, 7) is 7.21. The van der Waals surface area contributed by atoms with E-state index in [9.17, 15) is 0 Å². The molecule has 4 nitrogen and oxygen atoms in total. The van der Waals surface area contributed by atoms with E-state index in [1.807, 2.05) is 6.08 Å². The molecule has 0 aliphatic heterocycles. The number of nitrogens with zero attached hydrogens (tertiary/aromatic N) is 2. The van der Waals surface area contributed by atoms with E-state index in [1.54, 1.807) is 12.4 Å². The first-order chi connectivity index (χ1) is 7.36. The largest absolute Gasteiger partial charge is 0.476 e. The Morgan fingerprint density at radius 2 is 2.40 bits per heavy atom. The average molecular weight is 207 g/mol. The van der Waals surface area contributed by atoms with Crippen molar-refractivity contribution in [3.8, 4) is 5.88 Å². The van der Waals surface area contributed by atoms with Crippen LogP contribution in [0.2, 0.25) is 0 Å². The Kier molecular flexibility index (Phi) is 5.22. The molecule has 0 amide bonds. The van der Waals surface area contributed by atoms with Crippen LogP contribution in [0.5, 0.6) is 5.88 Å². The minimum Gasteiger partial charge on any atom is -0.476 e. The third kappa shape index (κ3) is 4.44. The molecule has 0 atom stereocenters. The van der Waals surface area contributed by atoms with Crippen molar-refractivity contribution in [1.82, 2.24) is 9.97 Å². The fraction of sp³-hybridized carbons (Fsp3) is 0.455. The van der Waals surface area contributed by atoms with Gasteiger partial charge in [-0.1, -0.05) is 13.0 Å². The van der Waals surface area contributed by atoms with Gasteiger partial charge >= 0.3 is 0 Å². The predicted molar refractivity (Wildman–Crippen MR) is 61.1 cm³/mol. The van der Waals surface area contributed by atoms with E-state index in [0.717, 1.165) is 25.2 Å². The van der Waals surface area contributed by atoms with E-state index in [0.29, 0.717) is 12.5 Å². The predicted octanol–water partition coefficient (Wildman–Crippen LogP) is 2.25. The molecule has 1 rings (SSSR count). The van der Waals surface area contributed by atoms with E-state index in [2.05, 4.69) is 28.8 Å². The second-order valence-electron chi connectivity index (χ2n) is 3.10.